The summed E-state index contributed by atoms with van der Waals surface area (Å²) < 4.78 is 0. The zero-order valence-electron chi connectivity index (χ0n) is 11.2. The van der Waals surface area contributed by atoms with Crippen LogP contribution in [0.25, 0.3) is 10.6 Å². The van der Waals surface area contributed by atoms with Gasteiger partial charge in [-0.1, -0.05) is 0 Å². The molecule has 0 saturated carbocycles. The molecule has 2 aromatic heterocycles. The third-order valence-corrected chi connectivity index (χ3v) is 4.27. The van der Waals surface area contributed by atoms with Crippen molar-refractivity contribution < 1.29 is 0 Å². The van der Waals surface area contributed by atoms with Gasteiger partial charge in [-0.05, 0) is 19.9 Å². The van der Waals surface area contributed by atoms with Crippen molar-refractivity contribution >= 4 is 17.3 Å². The van der Waals surface area contributed by atoms with Gasteiger partial charge in [0.25, 0.3) is 0 Å². The van der Waals surface area contributed by atoms with Crippen LogP contribution >= 0.6 is 11.3 Å². The monoisotopic (exact) mass is 275 g/mol. The van der Waals surface area contributed by atoms with Crippen LogP contribution in [0.4, 0.5) is 5.95 Å². The highest BCUT2D eigenvalue weighted by molar-refractivity contribution is 7.15. The van der Waals surface area contributed by atoms with Crippen LogP contribution in [0.5, 0.6) is 0 Å². The number of nitrogens with zero attached hydrogens (tertiary/aromatic N) is 4. The van der Waals surface area contributed by atoms with Crippen LogP contribution in [0.3, 0.4) is 0 Å². The van der Waals surface area contributed by atoms with Crippen LogP contribution in [-0.2, 0) is 0 Å². The predicted molar refractivity (Wildman–Crippen MR) is 77.7 cm³/mol. The lowest BCUT2D eigenvalue weighted by Crippen LogP contribution is -2.44. The quantitative estimate of drug-likeness (QED) is 0.902. The minimum atomic E-state index is 0.824. The second-order valence-electron chi connectivity index (χ2n) is 4.63. The summed E-state index contributed by atoms with van der Waals surface area (Å²) in [5.41, 5.74) is 2.03. The standard InChI is InChI=1S/C13H17N5S/c1-9-12(19-10(2)16-9)11-3-4-15-13(17-11)18-7-5-14-6-8-18/h3-4,14H,5-8H2,1-2H3. The number of nitrogens with one attached hydrogen (secondary N) is 1. The fourth-order valence-electron chi connectivity index (χ4n) is 2.26. The van der Waals surface area contributed by atoms with Crippen molar-refractivity contribution in [1.29, 1.82) is 0 Å². The van der Waals surface area contributed by atoms with E-state index in [1.165, 1.54) is 0 Å². The molecule has 5 nitrogen and oxygen atoms in total. The third-order valence-electron chi connectivity index (χ3n) is 3.18. The second kappa shape index (κ2) is 5.22. The molecule has 1 N–H and O–H groups in total. The van der Waals surface area contributed by atoms with Crippen molar-refractivity contribution in [2.45, 2.75) is 13.8 Å². The highest BCUT2D eigenvalue weighted by Crippen LogP contribution is 2.28. The molecule has 2 aromatic rings. The summed E-state index contributed by atoms with van der Waals surface area (Å²) >= 11 is 1.69. The van der Waals surface area contributed by atoms with Gasteiger partial charge in [0.15, 0.2) is 0 Å². The van der Waals surface area contributed by atoms with Crippen molar-refractivity contribution in [3.8, 4) is 10.6 Å². The molecule has 19 heavy (non-hydrogen) atoms. The molecule has 3 heterocycles. The van der Waals surface area contributed by atoms with Gasteiger partial charge in [-0.25, -0.2) is 15.0 Å². The molecular weight excluding hydrogens is 258 g/mol. The maximum atomic E-state index is 4.70. The molecule has 6 heteroatoms. The lowest BCUT2D eigenvalue weighted by Gasteiger charge is -2.27. The normalized spacial score (nSPS) is 15.8. The van der Waals surface area contributed by atoms with E-state index in [4.69, 9.17) is 4.98 Å². The van der Waals surface area contributed by atoms with Gasteiger partial charge in [0, 0.05) is 32.4 Å². The summed E-state index contributed by atoms with van der Waals surface area (Å²) in [4.78, 5) is 16.9. The van der Waals surface area contributed by atoms with E-state index in [0.717, 1.165) is 53.4 Å². The first kappa shape index (κ1) is 12.5. The van der Waals surface area contributed by atoms with Gasteiger partial charge in [0.2, 0.25) is 5.95 Å². The lowest BCUT2D eigenvalue weighted by atomic mass is 10.3. The SMILES string of the molecule is Cc1nc(C)c(-c2ccnc(N3CCNCC3)n2)s1. The Kier molecular flexibility index (Phi) is 3.44. The molecule has 3 rings (SSSR count). The van der Waals surface area contributed by atoms with E-state index >= 15 is 0 Å². The Hall–Kier alpha value is -1.53. The second-order valence-corrected chi connectivity index (χ2v) is 5.83. The van der Waals surface area contributed by atoms with Gasteiger partial charge in [-0.3, -0.25) is 0 Å². The third kappa shape index (κ3) is 2.59. The number of hydrogen-bond acceptors (Lipinski definition) is 6. The molecule has 100 valence electrons. The molecule has 0 spiro atoms. The Morgan fingerprint density at radius 2 is 2.00 bits per heavy atom. The van der Waals surface area contributed by atoms with Crippen molar-refractivity contribution in [3.63, 3.8) is 0 Å². The molecular formula is C13H17N5S. The molecule has 0 aliphatic carbocycles. The van der Waals surface area contributed by atoms with Crippen LogP contribution in [-0.4, -0.2) is 41.1 Å². The Bertz CT molecular complexity index is 574. The molecule has 0 bridgehead atoms. The van der Waals surface area contributed by atoms with Gasteiger partial charge in [-0.15, -0.1) is 11.3 Å². The molecule has 1 aliphatic rings. The van der Waals surface area contributed by atoms with Crippen molar-refractivity contribution in [3.05, 3.63) is 23.0 Å². The number of aromatic nitrogens is 3. The first-order chi connectivity index (χ1) is 9.24. The van der Waals surface area contributed by atoms with E-state index in [1.54, 1.807) is 11.3 Å². The summed E-state index contributed by atoms with van der Waals surface area (Å²) in [5, 5.41) is 4.42. The minimum Gasteiger partial charge on any atom is -0.338 e. The molecule has 0 unspecified atom stereocenters. The first-order valence-corrected chi connectivity index (χ1v) is 7.29. The van der Waals surface area contributed by atoms with E-state index in [9.17, 15) is 0 Å². The van der Waals surface area contributed by atoms with E-state index in [0.29, 0.717) is 0 Å². The lowest BCUT2D eigenvalue weighted by molar-refractivity contribution is 0.580. The number of piperazine rings is 1. The van der Waals surface area contributed by atoms with E-state index in [1.807, 2.05) is 26.1 Å². The van der Waals surface area contributed by atoms with Gasteiger partial charge >= 0.3 is 0 Å². The Morgan fingerprint density at radius 3 is 2.68 bits per heavy atom. The van der Waals surface area contributed by atoms with Crippen LogP contribution in [0.15, 0.2) is 12.3 Å². The average molecular weight is 275 g/mol. The van der Waals surface area contributed by atoms with Gasteiger partial charge in [-0.2, -0.15) is 0 Å². The number of aryl methyl sites for hydroxylation is 2. The van der Waals surface area contributed by atoms with Crippen LogP contribution in [0.1, 0.15) is 10.7 Å². The van der Waals surface area contributed by atoms with Crippen LogP contribution in [0.2, 0.25) is 0 Å². The Balaban J connectivity index is 1.93. The fourth-order valence-corrected chi connectivity index (χ4v) is 3.15. The summed E-state index contributed by atoms with van der Waals surface area (Å²) in [7, 11) is 0. The van der Waals surface area contributed by atoms with E-state index in [-0.39, 0.29) is 0 Å². The molecule has 1 fully saturated rings. The topological polar surface area (TPSA) is 53.9 Å². The maximum absolute atomic E-state index is 4.70. The number of hydrogen-bond donors (Lipinski definition) is 1. The number of anilines is 1. The summed E-state index contributed by atoms with van der Waals surface area (Å²) in [6.45, 7) is 7.97. The van der Waals surface area contributed by atoms with Crippen LogP contribution in [0, 0.1) is 13.8 Å². The Labute approximate surface area is 116 Å². The van der Waals surface area contributed by atoms with Crippen LogP contribution < -0.4 is 10.2 Å². The van der Waals surface area contributed by atoms with Crippen molar-refractivity contribution in [1.82, 2.24) is 20.3 Å². The smallest absolute Gasteiger partial charge is 0.225 e. The number of rotatable bonds is 2. The highest BCUT2D eigenvalue weighted by Gasteiger charge is 2.15. The van der Waals surface area contributed by atoms with Gasteiger partial charge < -0.3 is 10.2 Å². The van der Waals surface area contributed by atoms with Gasteiger partial charge in [0.1, 0.15) is 0 Å². The van der Waals surface area contributed by atoms with E-state index in [2.05, 4.69) is 20.2 Å². The summed E-state index contributed by atoms with van der Waals surface area (Å²) in [6.07, 6.45) is 1.84. The Morgan fingerprint density at radius 1 is 1.21 bits per heavy atom. The summed E-state index contributed by atoms with van der Waals surface area (Å²) in [5.74, 6) is 0.824. The molecule has 0 radical (unpaired) electrons. The average Bonchev–Trinajstić information content (AvgIpc) is 2.79. The zero-order chi connectivity index (χ0) is 13.2. The maximum Gasteiger partial charge on any atom is 0.225 e. The van der Waals surface area contributed by atoms with Crippen molar-refractivity contribution in [2.24, 2.45) is 0 Å². The molecule has 1 aliphatic heterocycles. The highest BCUT2D eigenvalue weighted by atomic mass is 32.1. The molecule has 0 aromatic carbocycles. The predicted octanol–water partition coefficient (Wildman–Crippen LogP) is 1.63. The van der Waals surface area contributed by atoms with E-state index < -0.39 is 0 Å². The summed E-state index contributed by atoms with van der Waals surface area (Å²) in [6, 6.07) is 1.96. The molecule has 0 atom stereocenters. The largest absolute Gasteiger partial charge is 0.338 e. The zero-order valence-corrected chi connectivity index (χ0v) is 12.0. The molecule has 1 saturated heterocycles. The van der Waals surface area contributed by atoms with Gasteiger partial charge in [0.05, 0.1) is 21.3 Å². The van der Waals surface area contributed by atoms with Crippen molar-refractivity contribution in [2.75, 3.05) is 31.1 Å². The fraction of sp³-hybridized carbons (Fsp3) is 0.462. The minimum absolute atomic E-state index is 0.824. The molecule has 0 amide bonds. The first-order valence-electron chi connectivity index (χ1n) is 6.47. The number of thiazole rings is 1.